The van der Waals surface area contributed by atoms with E-state index >= 15 is 0 Å². The van der Waals surface area contributed by atoms with Gasteiger partial charge in [-0.25, -0.2) is 4.98 Å². The number of aromatic nitrogens is 1. The molecular formula is C19H22N2O3. The van der Waals surface area contributed by atoms with Crippen molar-refractivity contribution in [2.75, 3.05) is 19.7 Å². The SMILES string of the molecule is Cc1oc(-c2ccco2)nc1CN(CCO)CCc1ccccc1. The molecule has 0 aliphatic rings. The summed E-state index contributed by atoms with van der Waals surface area (Å²) in [6.07, 6.45) is 2.54. The van der Waals surface area contributed by atoms with Crippen molar-refractivity contribution in [1.29, 1.82) is 0 Å². The van der Waals surface area contributed by atoms with E-state index in [4.69, 9.17) is 8.83 Å². The van der Waals surface area contributed by atoms with Gasteiger partial charge in [0.25, 0.3) is 5.89 Å². The van der Waals surface area contributed by atoms with Crippen molar-refractivity contribution in [3.8, 4) is 11.7 Å². The molecule has 5 heteroatoms. The van der Waals surface area contributed by atoms with E-state index in [1.54, 1.807) is 6.26 Å². The lowest BCUT2D eigenvalue weighted by atomic mass is 10.1. The van der Waals surface area contributed by atoms with Crippen LogP contribution < -0.4 is 0 Å². The average Bonchev–Trinajstić information content (AvgIpc) is 3.24. The molecule has 0 aliphatic carbocycles. The molecule has 1 N–H and O–H groups in total. The molecule has 0 spiro atoms. The molecule has 2 aromatic heterocycles. The minimum atomic E-state index is 0.122. The zero-order chi connectivity index (χ0) is 16.8. The summed E-state index contributed by atoms with van der Waals surface area (Å²) in [6, 6.07) is 14.0. The van der Waals surface area contributed by atoms with Gasteiger partial charge in [-0.1, -0.05) is 30.3 Å². The number of rotatable bonds is 8. The number of aliphatic hydroxyl groups excluding tert-OH is 1. The quantitative estimate of drug-likeness (QED) is 0.688. The number of aliphatic hydroxyl groups is 1. The second-order valence-corrected chi connectivity index (χ2v) is 5.73. The van der Waals surface area contributed by atoms with E-state index in [0.29, 0.717) is 24.7 Å². The number of aryl methyl sites for hydroxylation is 1. The van der Waals surface area contributed by atoms with Crippen LogP contribution in [0.5, 0.6) is 0 Å². The molecule has 0 aliphatic heterocycles. The summed E-state index contributed by atoms with van der Waals surface area (Å²) in [5.74, 6) is 1.91. The van der Waals surface area contributed by atoms with Crippen LogP contribution in [0.2, 0.25) is 0 Å². The zero-order valence-corrected chi connectivity index (χ0v) is 13.8. The van der Waals surface area contributed by atoms with Crippen LogP contribution in [0.3, 0.4) is 0 Å². The van der Waals surface area contributed by atoms with E-state index in [1.165, 1.54) is 5.56 Å². The highest BCUT2D eigenvalue weighted by molar-refractivity contribution is 5.44. The topological polar surface area (TPSA) is 62.6 Å². The summed E-state index contributed by atoms with van der Waals surface area (Å²) < 4.78 is 11.0. The van der Waals surface area contributed by atoms with Gasteiger partial charge in [0.2, 0.25) is 0 Å². The van der Waals surface area contributed by atoms with Crippen molar-refractivity contribution in [3.05, 3.63) is 65.7 Å². The Morgan fingerprint density at radius 2 is 1.92 bits per heavy atom. The first-order chi connectivity index (χ1) is 11.8. The monoisotopic (exact) mass is 326 g/mol. The van der Waals surface area contributed by atoms with Gasteiger partial charge in [0, 0.05) is 19.6 Å². The van der Waals surface area contributed by atoms with Gasteiger partial charge in [0.15, 0.2) is 5.76 Å². The zero-order valence-electron chi connectivity index (χ0n) is 13.8. The number of benzene rings is 1. The summed E-state index contributed by atoms with van der Waals surface area (Å²) in [5.41, 5.74) is 2.16. The average molecular weight is 326 g/mol. The number of furan rings is 1. The van der Waals surface area contributed by atoms with E-state index < -0.39 is 0 Å². The van der Waals surface area contributed by atoms with Gasteiger partial charge in [-0.05, 0) is 31.0 Å². The molecule has 0 radical (unpaired) electrons. The second-order valence-electron chi connectivity index (χ2n) is 5.73. The third kappa shape index (κ3) is 4.13. The fraction of sp³-hybridized carbons (Fsp3) is 0.316. The van der Waals surface area contributed by atoms with Crippen LogP contribution in [0.25, 0.3) is 11.7 Å². The fourth-order valence-corrected chi connectivity index (χ4v) is 2.64. The summed E-state index contributed by atoms with van der Waals surface area (Å²) >= 11 is 0. The van der Waals surface area contributed by atoms with Gasteiger partial charge in [-0.2, -0.15) is 0 Å². The third-order valence-corrected chi connectivity index (χ3v) is 3.97. The van der Waals surface area contributed by atoms with Crippen LogP contribution in [0.15, 0.2) is 57.6 Å². The third-order valence-electron chi connectivity index (χ3n) is 3.97. The Bertz CT molecular complexity index is 735. The van der Waals surface area contributed by atoms with Crippen LogP contribution >= 0.6 is 0 Å². The highest BCUT2D eigenvalue weighted by Crippen LogP contribution is 2.22. The van der Waals surface area contributed by atoms with E-state index in [0.717, 1.165) is 24.4 Å². The summed E-state index contributed by atoms with van der Waals surface area (Å²) in [6.45, 7) is 4.13. The van der Waals surface area contributed by atoms with Crippen molar-refractivity contribution in [3.63, 3.8) is 0 Å². The van der Waals surface area contributed by atoms with Crippen molar-refractivity contribution < 1.29 is 13.9 Å². The summed E-state index contributed by atoms with van der Waals surface area (Å²) in [4.78, 5) is 6.73. The second kappa shape index (κ2) is 7.95. The lowest BCUT2D eigenvalue weighted by Gasteiger charge is -2.20. The normalized spacial score (nSPS) is 11.3. The lowest BCUT2D eigenvalue weighted by molar-refractivity contribution is 0.190. The molecule has 0 unspecified atom stereocenters. The maximum atomic E-state index is 9.34. The first kappa shape index (κ1) is 16.5. The highest BCUT2D eigenvalue weighted by atomic mass is 16.4. The number of hydrogen-bond acceptors (Lipinski definition) is 5. The molecular weight excluding hydrogens is 304 g/mol. The Hall–Kier alpha value is -2.37. The van der Waals surface area contributed by atoms with Crippen LogP contribution in [0, 0.1) is 6.92 Å². The molecule has 0 fully saturated rings. The molecule has 126 valence electrons. The molecule has 3 rings (SSSR count). The predicted octanol–water partition coefficient (Wildman–Crippen LogP) is 3.28. The number of oxazole rings is 1. The summed E-state index contributed by atoms with van der Waals surface area (Å²) in [7, 11) is 0. The standard InChI is InChI=1S/C19H22N2O3/c1-15-17(20-19(24-15)18-8-5-13-23-18)14-21(11-12-22)10-9-16-6-3-2-4-7-16/h2-8,13,22H,9-12,14H2,1H3. The van der Waals surface area contributed by atoms with Gasteiger partial charge in [-0.15, -0.1) is 0 Å². The molecule has 0 bridgehead atoms. The largest absolute Gasteiger partial charge is 0.459 e. The maximum absolute atomic E-state index is 9.34. The summed E-state index contributed by atoms with van der Waals surface area (Å²) in [5, 5.41) is 9.34. The van der Waals surface area contributed by atoms with Crippen LogP contribution in [-0.4, -0.2) is 34.7 Å². The Morgan fingerprint density at radius 1 is 1.08 bits per heavy atom. The molecule has 24 heavy (non-hydrogen) atoms. The van der Waals surface area contributed by atoms with Crippen molar-refractivity contribution in [1.82, 2.24) is 9.88 Å². The van der Waals surface area contributed by atoms with Gasteiger partial charge >= 0.3 is 0 Å². The minimum Gasteiger partial charge on any atom is -0.459 e. The molecule has 0 saturated heterocycles. The van der Waals surface area contributed by atoms with Gasteiger partial charge in [0.1, 0.15) is 5.76 Å². The Kier molecular flexibility index (Phi) is 5.46. The molecule has 2 heterocycles. The first-order valence-electron chi connectivity index (χ1n) is 8.13. The minimum absolute atomic E-state index is 0.122. The fourth-order valence-electron chi connectivity index (χ4n) is 2.64. The molecule has 0 atom stereocenters. The Morgan fingerprint density at radius 3 is 2.62 bits per heavy atom. The van der Waals surface area contributed by atoms with Crippen LogP contribution in [0.1, 0.15) is 17.0 Å². The van der Waals surface area contributed by atoms with Gasteiger partial charge in [0.05, 0.1) is 18.6 Å². The predicted molar refractivity (Wildman–Crippen MR) is 91.5 cm³/mol. The van der Waals surface area contributed by atoms with Gasteiger partial charge < -0.3 is 13.9 Å². The van der Waals surface area contributed by atoms with E-state index in [-0.39, 0.29) is 6.61 Å². The molecule has 3 aromatic rings. The number of nitrogens with zero attached hydrogens (tertiary/aromatic N) is 2. The highest BCUT2D eigenvalue weighted by Gasteiger charge is 2.16. The van der Waals surface area contributed by atoms with E-state index in [1.807, 2.05) is 37.3 Å². The molecule has 5 nitrogen and oxygen atoms in total. The Balaban J connectivity index is 1.67. The van der Waals surface area contributed by atoms with Crippen molar-refractivity contribution in [2.45, 2.75) is 19.9 Å². The van der Waals surface area contributed by atoms with Crippen LogP contribution in [0.4, 0.5) is 0 Å². The maximum Gasteiger partial charge on any atom is 0.263 e. The van der Waals surface area contributed by atoms with E-state index in [2.05, 4.69) is 22.0 Å². The van der Waals surface area contributed by atoms with Crippen molar-refractivity contribution >= 4 is 0 Å². The van der Waals surface area contributed by atoms with Crippen LogP contribution in [-0.2, 0) is 13.0 Å². The lowest BCUT2D eigenvalue weighted by Crippen LogP contribution is -2.29. The smallest absolute Gasteiger partial charge is 0.263 e. The first-order valence-corrected chi connectivity index (χ1v) is 8.13. The Labute approximate surface area is 141 Å². The van der Waals surface area contributed by atoms with Crippen molar-refractivity contribution in [2.24, 2.45) is 0 Å². The molecule has 0 amide bonds. The van der Waals surface area contributed by atoms with E-state index in [9.17, 15) is 5.11 Å². The number of hydrogen-bond donors (Lipinski definition) is 1. The molecule has 0 saturated carbocycles. The molecule has 1 aromatic carbocycles. The van der Waals surface area contributed by atoms with Gasteiger partial charge in [-0.3, -0.25) is 4.90 Å².